The number of carboxylic acids is 1. The molecule has 0 aliphatic carbocycles. The van der Waals surface area contributed by atoms with Crippen LogP contribution in [0.5, 0.6) is 0 Å². The molecular weight excluding hydrogens is 827 g/mol. The third-order valence-electron chi connectivity index (χ3n) is 7.51. The predicted octanol–water partition coefficient (Wildman–Crippen LogP) is -5.55. The van der Waals surface area contributed by atoms with Crippen LogP contribution in [0.15, 0.2) is 12.7 Å². The Kier molecular flexibility index (Phi) is 15.6. The van der Waals surface area contributed by atoms with Crippen molar-refractivity contribution in [2.24, 2.45) is 5.41 Å². The van der Waals surface area contributed by atoms with Crippen molar-refractivity contribution in [3.8, 4) is 0 Å². The van der Waals surface area contributed by atoms with E-state index in [1.165, 1.54) is 0 Å². The van der Waals surface area contributed by atoms with Gasteiger partial charge in [-0.1, -0.05) is 25.6 Å². The number of aromatic nitrogens is 4. The fourth-order valence-electron chi connectivity index (χ4n) is 4.75. The van der Waals surface area contributed by atoms with Gasteiger partial charge < -0.3 is 78.9 Å². The molecule has 30 heteroatoms. The number of imidazole rings is 1. The number of fused-ring (bicyclic) bond motifs is 1. The zero-order valence-corrected chi connectivity index (χ0v) is 32.4. The SMILES string of the molecule is CC(C)(COP(=O)([O-])OP(=O)([O-])OCC1OC(C)(n2cnc3c(N)ncnc32)C(O)C1OP(=O)([O-])[O-])C(O)C(=O)NCCC(=O)NCCSC(=O)CC(=O)[O-]. The predicted molar refractivity (Wildman–Crippen MR) is 172 cm³/mol. The molecule has 26 nitrogen and oxygen atoms in total. The van der Waals surface area contributed by atoms with Gasteiger partial charge in [0.2, 0.25) is 11.8 Å². The molecule has 1 aliphatic rings. The van der Waals surface area contributed by atoms with Gasteiger partial charge in [-0.2, -0.15) is 0 Å². The summed E-state index contributed by atoms with van der Waals surface area (Å²) in [6.45, 7) is 0.831. The number of aliphatic hydroxyl groups is 2. The van der Waals surface area contributed by atoms with Crippen molar-refractivity contribution in [1.29, 1.82) is 0 Å². The van der Waals surface area contributed by atoms with Gasteiger partial charge in [-0.05, 0) is 6.92 Å². The minimum atomic E-state index is -5.95. The fourth-order valence-corrected chi connectivity index (χ4v) is 8.13. The molecule has 2 amide bonds. The topological polar surface area (TPSA) is 415 Å². The molecule has 3 heterocycles. The minimum absolute atomic E-state index is 0.00384. The Morgan fingerprint density at radius 3 is 2.38 bits per heavy atom. The number of ether oxygens (including phenoxy) is 1. The average molecular weight is 863 g/mol. The number of nitrogens with two attached hydrogens (primary N) is 1. The molecule has 3 rings (SSSR count). The van der Waals surface area contributed by atoms with Crippen LogP contribution >= 0.6 is 35.2 Å². The maximum atomic E-state index is 12.5. The van der Waals surface area contributed by atoms with E-state index < -0.39 is 102 Å². The van der Waals surface area contributed by atoms with Crippen LogP contribution in [-0.4, -0.2) is 109 Å². The second-order valence-electron chi connectivity index (χ2n) is 12.3. The molecule has 55 heavy (non-hydrogen) atoms. The molecule has 310 valence electrons. The molecule has 6 N–H and O–H groups in total. The first-order chi connectivity index (χ1) is 25.3. The average Bonchev–Trinajstić information content (AvgIpc) is 3.60. The maximum Gasteiger partial charge on any atom is 0.274 e. The number of carboxylic acid groups (broad SMARTS) is 1. The summed E-state index contributed by atoms with van der Waals surface area (Å²) in [5.41, 5.74) is 1.93. The summed E-state index contributed by atoms with van der Waals surface area (Å²) in [4.78, 5) is 106. The number of nitrogen functional groups attached to an aromatic ring is 1. The van der Waals surface area contributed by atoms with Crippen LogP contribution in [0.4, 0.5) is 5.82 Å². The second-order valence-corrected chi connectivity index (χ2v) is 17.5. The Bertz CT molecular complexity index is 1880. The lowest BCUT2D eigenvalue weighted by Crippen LogP contribution is -2.46. The number of nitrogens with zero attached hydrogens (tertiary/aromatic N) is 4. The summed E-state index contributed by atoms with van der Waals surface area (Å²) in [7, 11) is -17.7. The van der Waals surface area contributed by atoms with Gasteiger partial charge in [-0.3, -0.25) is 28.1 Å². The van der Waals surface area contributed by atoms with E-state index in [2.05, 4.69) is 43.5 Å². The number of aliphatic hydroxyl groups excluding tert-OH is 2. The highest BCUT2D eigenvalue weighted by molar-refractivity contribution is 8.13. The maximum absolute atomic E-state index is 12.5. The Balaban J connectivity index is 1.54. The van der Waals surface area contributed by atoms with Crippen molar-refractivity contribution < 1.29 is 90.4 Å². The molecule has 0 spiro atoms. The summed E-state index contributed by atoms with van der Waals surface area (Å²) in [6, 6.07) is 0. The van der Waals surface area contributed by atoms with Crippen molar-refractivity contribution in [3.63, 3.8) is 0 Å². The Morgan fingerprint density at radius 2 is 1.75 bits per heavy atom. The largest absolute Gasteiger partial charge is 0.790 e. The monoisotopic (exact) mass is 862 g/mol. The molecular formula is C25H35N7O19P3S-5. The zero-order chi connectivity index (χ0) is 41.6. The van der Waals surface area contributed by atoms with Crippen LogP contribution in [0.1, 0.15) is 33.6 Å². The number of rotatable bonds is 21. The quantitative estimate of drug-likeness (QED) is 0.0444. The smallest absolute Gasteiger partial charge is 0.274 e. The molecule has 0 saturated carbocycles. The van der Waals surface area contributed by atoms with E-state index in [4.69, 9.17) is 10.5 Å². The molecule has 0 aromatic carbocycles. The lowest BCUT2D eigenvalue weighted by molar-refractivity contribution is -0.347. The van der Waals surface area contributed by atoms with E-state index in [0.29, 0.717) is 11.8 Å². The van der Waals surface area contributed by atoms with Crippen molar-refractivity contribution in [2.45, 2.75) is 63.8 Å². The van der Waals surface area contributed by atoms with E-state index in [1.807, 2.05) is 0 Å². The van der Waals surface area contributed by atoms with Gasteiger partial charge in [0.15, 0.2) is 22.3 Å². The first kappa shape index (κ1) is 46.4. The van der Waals surface area contributed by atoms with Crippen molar-refractivity contribution in [1.82, 2.24) is 30.2 Å². The number of carbonyl (C=O) groups excluding carboxylic acids is 4. The first-order valence-electron chi connectivity index (χ1n) is 15.5. The molecule has 0 radical (unpaired) electrons. The highest BCUT2D eigenvalue weighted by atomic mass is 32.2. The van der Waals surface area contributed by atoms with E-state index in [1.54, 1.807) is 0 Å². The minimum Gasteiger partial charge on any atom is -0.790 e. The zero-order valence-electron chi connectivity index (χ0n) is 28.9. The van der Waals surface area contributed by atoms with Crippen molar-refractivity contribution in [2.75, 3.05) is 37.8 Å². The number of aliphatic carboxylic acids is 1. The molecule has 2 aromatic heterocycles. The highest BCUT2D eigenvalue weighted by Crippen LogP contribution is 2.56. The van der Waals surface area contributed by atoms with Crippen LogP contribution in [0.3, 0.4) is 0 Å². The van der Waals surface area contributed by atoms with E-state index in [0.717, 1.165) is 38.0 Å². The second kappa shape index (κ2) is 18.5. The number of carbonyl (C=O) groups is 4. The summed E-state index contributed by atoms with van der Waals surface area (Å²) < 4.78 is 60.8. The van der Waals surface area contributed by atoms with Crippen LogP contribution in [0.25, 0.3) is 11.2 Å². The standard InChI is InChI=1S/C25H40N7O19P3S/c1-24(2,20(38)23(39)28-5-4-14(33)27-6-7-55-16(36)8-15(34)35)10-48-54(45,46)51-53(43,44)47-9-13-18(50-52(40,41)42)19(37)25(3,49-13)32-12-31-17-21(26)29-11-30-22(17)32/h11-13,18-20,37-38H,4-10H2,1-3H3,(H,27,33)(H,28,39)(H,34,35)(H,43,44)(H,45,46)(H2,26,29,30)(H2,40,41,42)/p-5. The summed E-state index contributed by atoms with van der Waals surface area (Å²) in [6.07, 6.45) is -7.08. The van der Waals surface area contributed by atoms with Gasteiger partial charge in [0.25, 0.3) is 15.6 Å². The number of phosphoric acid groups is 3. The normalized spacial score (nSPS) is 23.1. The van der Waals surface area contributed by atoms with Crippen LogP contribution in [-0.2, 0) is 61.2 Å². The van der Waals surface area contributed by atoms with Gasteiger partial charge in [0.1, 0.15) is 36.3 Å². The van der Waals surface area contributed by atoms with Crippen LogP contribution < -0.4 is 41.0 Å². The number of nitrogens with one attached hydrogen (secondary N) is 2. The summed E-state index contributed by atoms with van der Waals surface area (Å²) in [5, 5.41) is 35.8. The Hall–Kier alpha value is -2.97. The van der Waals surface area contributed by atoms with Crippen molar-refractivity contribution >= 4 is 75.1 Å². The fraction of sp³-hybridized carbons (Fsp3) is 0.640. The molecule has 1 aliphatic heterocycles. The summed E-state index contributed by atoms with van der Waals surface area (Å²) in [5.74, 6) is -3.22. The number of phosphoric ester groups is 3. The molecule has 7 unspecified atom stereocenters. The van der Waals surface area contributed by atoms with Gasteiger partial charge >= 0.3 is 0 Å². The van der Waals surface area contributed by atoms with Crippen molar-refractivity contribution in [3.05, 3.63) is 12.7 Å². The van der Waals surface area contributed by atoms with Crippen LogP contribution in [0.2, 0.25) is 0 Å². The molecule has 7 atom stereocenters. The van der Waals surface area contributed by atoms with Gasteiger partial charge in [-0.25, -0.2) is 19.3 Å². The molecule has 1 saturated heterocycles. The first-order valence-corrected chi connectivity index (χ1v) is 20.8. The number of thioether (sulfide) groups is 1. The van der Waals surface area contributed by atoms with Gasteiger partial charge in [0.05, 0.1) is 33.8 Å². The number of hydrogen-bond acceptors (Lipinski definition) is 24. The van der Waals surface area contributed by atoms with E-state index in [-0.39, 0.29) is 42.2 Å². The molecule has 1 fully saturated rings. The Labute approximate surface area is 314 Å². The molecule has 2 aromatic rings. The van der Waals surface area contributed by atoms with E-state index in [9.17, 15) is 67.8 Å². The van der Waals surface area contributed by atoms with Crippen LogP contribution in [0, 0.1) is 5.41 Å². The summed E-state index contributed by atoms with van der Waals surface area (Å²) >= 11 is 0.666. The molecule has 0 bridgehead atoms. The van der Waals surface area contributed by atoms with Gasteiger partial charge in [-0.15, -0.1) is 0 Å². The lowest BCUT2D eigenvalue weighted by atomic mass is 9.87. The number of anilines is 1. The number of amides is 2. The third-order valence-corrected chi connectivity index (χ3v) is 11.4. The lowest BCUT2D eigenvalue weighted by Gasteiger charge is -2.36. The van der Waals surface area contributed by atoms with Gasteiger partial charge in [0, 0.05) is 36.6 Å². The van der Waals surface area contributed by atoms with E-state index >= 15 is 0 Å². The highest BCUT2D eigenvalue weighted by Gasteiger charge is 2.55. The Morgan fingerprint density at radius 1 is 1.09 bits per heavy atom. The number of hydrogen-bond donors (Lipinski definition) is 5. The third kappa shape index (κ3) is 13.3.